The number of halogens is 3. The summed E-state index contributed by atoms with van der Waals surface area (Å²) in [5.74, 6) is -0.115. The Morgan fingerprint density at radius 1 is 1.09 bits per heavy atom. The van der Waals surface area contributed by atoms with Crippen molar-refractivity contribution in [2.45, 2.75) is 30.9 Å². The Labute approximate surface area is 280 Å². The Kier molecular flexibility index (Phi) is 11.3. The number of aliphatic imine (C=N–C) groups is 1. The van der Waals surface area contributed by atoms with Gasteiger partial charge < -0.3 is 14.6 Å². The standard InChI is InChI=1S/C34H31Cl2FN6O4/c35-25-11-14-28(29(36)20-25)31-34(21-24-6-1-2-8-30(24)41-43-38,33(45)42-39-16-15-22-5-3-7-26(37)19-22)40-32(47-31)23-9-12-27(13-10-23)46-18-4-17-44/h1-3,5-14,19-20,31,39,44H,4,15-18,21H2,(H,42,45)/t31-,34-/m0/s1. The average molecular weight is 678 g/mol. The number of hydrazine groups is 1. The van der Waals surface area contributed by atoms with Crippen molar-refractivity contribution in [1.29, 1.82) is 0 Å². The summed E-state index contributed by atoms with van der Waals surface area (Å²) in [4.78, 5) is 22.3. The van der Waals surface area contributed by atoms with Gasteiger partial charge in [-0.05, 0) is 71.6 Å². The highest BCUT2D eigenvalue weighted by Crippen LogP contribution is 2.46. The van der Waals surface area contributed by atoms with E-state index in [4.69, 9.17) is 42.8 Å². The highest BCUT2D eigenvalue weighted by Gasteiger charge is 2.54. The number of hydrogen-bond acceptors (Lipinski definition) is 7. The van der Waals surface area contributed by atoms with Crippen LogP contribution in [0.25, 0.3) is 10.4 Å². The largest absolute Gasteiger partial charge is 0.494 e. The summed E-state index contributed by atoms with van der Waals surface area (Å²) < 4.78 is 25.9. The predicted octanol–water partition coefficient (Wildman–Crippen LogP) is 7.20. The molecular weight excluding hydrogens is 646 g/mol. The lowest BCUT2D eigenvalue weighted by molar-refractivity contribution is -0.130. The maximum Gasteiger partial charge on any atom is 0.266 e. The second-order valence-corrected chi connectivity index (χ2v) is 11.6. The van der Waals surface area contributed by atoms with E-state index >= 15 is 0 Å². The van der Waals surface area contributed by atoms with Crippen LogP contribution in [0, 0.1) is 5.82 Å². The van der Waals surface area contributed by atoms with Gasteiger partial charge in [-0.2, -0.15) is 0 Å². The van der Waals surface area contributed by atoms with Crippen LogP contribution in [-0.4, -0.2) is 42.2 Å². The molecule has 0 fully saturated rings. The van der Waals surface area contributed by atoms with Gasteiger partial charge in [0.2, 0.25) is 5.90 Å². The molecule has 0 saturated carbocycles. The monoisotopic (exact) mass is 676 g/mol. The zero-order valence-corrected chi connectivity index (χ0v) is 26.6. The van der Waals surface area contributed by atoms with Crippen molar-refractivity contribution in [1.82, 2.24) is 10.9 Å². The van der Waals surface area contributed by atoms with Crippen molar-refractivity contribution in [2.24, 2.45) is 10.1 Å². The fourth-order valence-electron chi connectivity index (χ4n) is 5.22. The third-order valence-electron chi connectivity index (χ3n) is 7.51. The van der Waals surface area contributed by atoms with Gasteiger partial charge in [-0.25, -0.2) is 14.8 Å². The molecule has 10 nitrogen and oxygen atoms in total. The molecule has 3 N–H and O–H groups in total. The molecule has 1 aliphatic heterocycles. The number of nitrogens with zero attached hydrogens (tertiary/aromatic N) is 4. The number of azide groups is 1. The van der Waals surface area contributed by atoms with E-state index < -0.39 is 17.6 Å². The van der Waals surface area contributed by atoms with Crippen molar-refractivity contribution < 1.29 is 23.8 Å². The van der Waals surface area contributed by atoms with Crippen LogP contribution in [0.15, 0.2) is 101 Å². The number of rotatable bonds is 14. The van der Waals surface area contributed by atoms with Gasteiger partial charge in [0.25, 0.3) is 5.91 Å². The Morgan fingerprint density at radius 3 is 2.64 bits per heavy atom. The van der Waals surface area contributed by atoms with Crippen molar-refractivity contribution >= 4 is 40.7 Å². The number of hydrogen-bond donors (Lipinski definition) is 3. The van der Waals surface area contributed by atoms with Gasteiger partial charge in [-0.1, -0.05) is 70.8 Å². The van der Waals surface area contributed by atoms with Crippen molar-refractivity contribution in [3.63, 3.8) is 0 Å². The molecule has 47 heavy (non-hydrogen) atoms. The Bertz CT molecular complexity index is 1800. The minimum atomic E-state index is -1.66. The molecule has 13 heteroatoms. The molecule has 4 aromatic carbocycles. The molecule has 1 amide bonds. The smallest absolute Gasteiger partial charge is 0.266 e. The number of benzene rings is 4. The maximum atomic E-state index is 14.4. The highest BCUT2D eigenvalue weighted by atomic mass is 35.5. The second kappa shape index (κ2) is 15.8. The minimum Gasteiger partial charge on any atom is -0.494 e. The van der Waals surface area contributed by atoms with Gasteiger partial charge in [0.15, 0.2) is 11.6 Å². The first-order valence-corrected chi connectivity index (χ1v) is 15.5. The number of amides is 1. The minimum absolute atomic E-state index is 0.0178. The molecule has 0 bridgehead atoms. The van der Waals surface area contributed by atoms with Gasteiger partial charge >= 0.3 is 0 Å². The van der Waals surface area contributed by atoms with Crippen molar-refractivity contribution in [3.8, 4) is 5.75 Å². The van der Waals surface area contributed by atoms with E-state index in [0.717, 1.165) is 5.56 Å². The van der Waals surface area contributed by atoms with Crippen molar-refractivity contribution in [2.75, 3.05) is 19.8 Å². The number of aliphatic hydroxyl groups excluding tert-OH is 1. The molecule has 0 unspecified atom stereocenters. The van der Waals surface area contributed by atoms with Gasteiger partial charge in [-0.15, -0.1) is 0 Å². The first-order valence-electron chi connectivity index (χ1n) is 14.8. The first kappa shape index (κ1) is 33.7. The zero-order chi connectivity index (χ0) is 33.2. The van der Waals surface area contributed by atoms with Crippen LogP contribution in [0.5, 0.6) is 5.75 Å². The molecule has 1 aliphatic rings. The molecule has 0 radical (unpaired) electrons. The van der Waals surface area contributed by atoms with Crippen LogP contribution >= 0.6 is 23.2 Å². The molecule has 4 aromatic rings. The van der Waals surface area contributed by atoms with E-state index in [0.29, 0.717) is 59.1 Å². The number of nitrogens with one attached hydrogen (secondary N) is 2. The Balaban J connectivity index is 1.54. The summed E-state index contributed by atoms with van der Waals surface area (Å²) in [5.41, 5.74) is 16.0. The SMILES string of the molecule is [N-]=[N+]=Nc1ccccc1C[C@]1(C(=O)NNCCc2cccc(F)c2)N=C(c2ccc(OCCCO)cc2)O[C@H]1c1ccc(Cl)cc1Cl. The summed E-state index contributed by atoms with van der Waals surface area (Å²) in [6.07, 6.45) is -0.136. The summed E-state index contributed by atoms with van der Waals surface area (Å²) in [6.45, 7) is 0.663. The fraction of sp³-hybridized carbons (Fsp3) is 0.235. The molecule has 1 heterocycles. The number of carbonyl (C=O) groups excluding carboxylic acids is 1. The quantitative estimate of drug-likeness (QED) is 0.0426. The van der Waals surface area contributed by atoms with Crippen LogP contribution in [0.2, 0.25) is 10.0 Å². The Hall–Kier alpha value is -4.64. The summed E-state index contributed by atoms with van der Waals surface area (Å²) in [7, 11) is 0. The summed E-state index contributed by atoms with van der Waals surface area (Å²) in [6, 6.07) is 25.0. The lowest BCUT2D eigenvalue weighted by Gasteiger charge is -2.31. The van der Waals surface area contributed by atoms with Gasteiger partial charge in [0.05, 0.1) is 6.61 Å². The predicted molar refractivity (Wildman–Crippen MR) is 178 cm³/mol. The lowest BCUT2D eigenvalue weighted by Crippen LogP contribution is -2.54. The van der Waals surface area contributed by atoms with Crippen molar-refractivity contribution in [3.05, 3.63) is 140 Å². The van der Waals surface area contributed by atoms with E-state index in [1.807, 2.05) is 0 Å². The third-order valence-corrected chi connectivity index (χ3v) is 8.07. The van der Waals surface area contributed by atoms with E-state index in [1.165, 1.54) is 12.1 Å². The van der Waals surface area contributed by atoms with Gasteiger partial charge in [0.1, 0.15) is 11.6 Å². The van der Waals surface area contributed by atoms with Crippen LogP contribution in [-0.2, 0) is 22.4 Å². The molecular formula is C34H31Cl2FN6O4. The van der Waals surface area contributed by atoms with E-state index in [9.17, 15) is 14.7 Å². The van der Waals surface area contributed by atoms with E-state index in [-0.39, 0.29) is 29.8 Å². The molecule has 2 atom stereocenters. The zero-order valence-electron chi connectivity index (χ0n) is 25.1. The molecule has 0 aliphatic carbocycles. The van der Waals surface area contributed by atoms with Gasteiger partial charge in [0, 0.05) is 57.8 Å². The number of aliphatic hydroxyl groups is 1. The van der Waals surface area contributed by atoms with Crippen LogP contribution in [0.3, 0.4) is 0 Å². The first-order chi connectivity index (χ1) is 22.8. The normalized spacial score (nSPS) is 16.9. The fourth-order valence-corrected chi connectivity index (χ4v) is 5.73. The second-order valence-electron chi connectivity index (χ2n) is 10.7. The lowest BCUT2D eigenvalue weighted by atomic mass is 9.81. The topological polar surface area (TPSA) is 141 Å². The van der Waals surface area contributed by atoms with Crippen LogP contribution < -0.4 is 15.6 Å². The van der Waals surface area contributed by atoms with Crippen LogP contribution in [0.4, 0.5) is 10.1 Å². The van der Waals surface area contributed by atoms with Gasteiger partial charge in [-0.3, -0.25) is 10.2 Å². The number of carbonyl (C=O) groups is 1. The molecule has 0 spiro atoms. The highest BCUT2D eigenvalue weighted by molar-refractivity contribution is 6.35. The third kappa shape index (κ3) is 8.21. The number of ether oxygens (including phenoxy) is 2. The summed E-state index contributed by atoms with van der Waals surface area (Å²) >= 11 is 12.9. The Morgan fingerprint density at radius 2 is 1.89 bits per heavy atom. The van der Waals surface area contributed by atoms with Crippen LogP contribution in [0.1, 0.15) is 34.8 Å². The molecule has 0 saturated heterocycles. The molecule has 0 aromatic heterocycles. The average Bonchev–Trinajstić information content (AvgIpc) is 3.44. The summed E-state index contributed by atoms with van der Waals surface area (Å²) in [5, 5.41) is 13.6. The van der Waals surface area contributed by atoms with E-state index in [1.54, 1.807) is 78.9 Å². The van der Waals surface area contributed by atoms with E-state index in [2.05, 4.69) is 20.9 Å². The molecule has 5 rings (SSSR count). The molecule has 242 valence electrons. The maximum absolute atomic E-state index is 14.4.